The van der Waals surface area contributed by atoms with Crippen molar-refractivity contribution in [3.63, 3.8) is 0 Å². The van der Waals surface area contributed by atoms with Crippen LogP contribution < -0.4 is 10.6 Å². The molecule has 106 valence electrons. The van der Waals surface area contributed by atoms with Crippen LogP contribution in [0.5, 0.6) is 0 Å². The van der Waals surface area contributed by atoms with Crippen LogP contribution in [0.1, 0.15) is 32.3 Å². The van der Waals surface area contributed by atoms with Gasteiger partial charge in [0.05, 0.1) is 0 Å². The monoisotopic (exact) mass is 264 g/mol. The molecule has 2 N–H and O–H groups in total. The van der Waals surface area contributed by atoms with Crippen molar-refractivity contribution in [1.29, 1.82) is 0 Å². The molecular weight excluding hydrogens is 240 g/mol. The van der Waals surface area contributed by atoms with Crippen LogP contribution in [-0.4, -0.2) is 31.8 Å². The Morgan fingerprint density at radius 3 is 2.37 bits per heavy atom. The van der Waals surface area contributed by atoms with Gasteiger partial charge in [-0.2, -0.15) is 0 Å². The van der Waals surface area contributed by atoms with Gasteiger partial charge in [-0.3, -0.25) is 0 Å². The maximum Gasteiger partial charge on any atom is 0.407 e. The maximum atomic E-state index is 11.6. The molecule has 1 atom stereocenters. The highest BCUT2D eigenvalue weighted by atomic mass is 16.6. The molecule has 0 heterocycles. The second-order valence-corrected chi connectivity index (χ2v) is 5.55. The zero-order valence-electron chi connectivity index (χ0n) is 12.2. The van der Waals surface area contributed by atoms with Crippen LogP contribution in [0.3, 0.4) is 0 Å². The molecule has 0 aliphatic heterocycles. The number of hydrogen-bond donors (Lipinski definition) is 2. The number of alkyl carbamates (subject to hydrolysis) is 1. The third-order valence-electron chi connectivity index (χ3n) is 2.61. The molecule has 1 rings (SSSR count). The first-order chi connectivity index (χ1) is 8.92. The molecule has 0 aliphatic rings. The zero-order valence-corrected chi connectivity index (χ0v) is 12.2. The summed E-state index contributed by atoms with van der Waals surface area (Å²) in [5.74, 6) is 0.235. The fraction of sp³-hybridized carbons (Fsp3) is 0.533. The normalized spacial score (nSPS) is 12.8. The number of ether oxygens (including phenoxy) is 1. The fourth-order valence-corrected chi connectivity index (χ4v) is 1.80. The average molecular weight is 264 g/mol. The number of carbonyl (C=O) groups is 1. The van der Waals surface area contributed by atoms with Crippen molar-refractivity contribution in [2.75, 3.05) is 20.1 Å². The molecule has 19 heavy (non-hydrogen) atoms. The standard InChI is InChI=1S/C15H24N2O2/c1-15(2,3)19-14(18)17-11-13(10-16-4)12-8-6-5-7-9-12/h5-9,13,16H,10-11H2,1-4H3,(H,17,18)/t13-/m0/s1. The van der Waals surface area contributed by atoms with Crippen molar-refractivity contribution < 1.29 is 9.53 Å². The summed E-state index contributed by atoms with van der Waals surface area (Å²) in [4.78, 5) is 11.6. The van der Waals surface area contributed by atoms with Gasteiger partial charge in [-0.15, -0.1) is 0 Å². The van der Waals surface area contributed by atoms with Crippen LogP contribution in [-0.2, 0) is 4.74 Å². The summed E-state index contributed by atoms with van der Waals surface area (Å²) in [5, 5.41) is 5.97. The first-order valence-corrected chi connectivity index (χ1v) is 6.59. The van der Waals surface area contributed by atoms with E-state index in [9.17, 15) is 4.79 Å². The van der Waals surface area contributed by atoms with E-state index < -0.39 is 5.60 Å². The van der Waals surface area contributed by atoms with Crippen LogP contribution >= 0.6 is 0 Å². The summed E-state index contributed by atoms with van der Waals surface area (Å²) in [6, 6.07) is 10.1. The van der Waals surface area contributed by atoms with Gasteiger partial charge in [0.25, 0.3) is 0 Å². The third kappa shape index (κ3) is 6.25. The number of amides is 1. The molecule has 0 aliphatic carbocycles. The zero-order chi connectivity index (χ0) is 14.3. The van der Waals surface area contributed by atoms with Crippen molar-refractivity contribution in [3.05, 3.63) is 35.9 Å². The number of benzene rings is 1. The van der Waals surface area contributed by atoms with E-state index in [2.05, 4.69) is 22.8 Å². The van der Waals surface area contributed by atoms with Gasteiger partial charge in [-0.25, -0.2) is 4.79 Å². The quantitative estimate of drug-likeness (QED) is 0.859. The van der Waals surface area contributed by atoms with Gasteiger partial charge in [-0.05, 0) is 33.4 Å². The van der Waals surface area contributed by atoms with Crippen molar-refractivity contribution >= 4 is 6.09 Å². The maximum absolute atomic E-state index is 11.6. The van der Waals surface area contributed by atoms with Gasteiger partial charge < -0.3 is 15.4 Å². The summed E-state index contributed by atoms with van der Waals surface area (Å²) in [6.45, 7) is 6.93. The lowest BCUT2D eigenvalue weighted by Gasteiger charge is -2.22. The Kier molecular flexibility index (Phi) is 5.83. The molecule has 1 aromatic rings. The van der Waals surface area contributed by atoms with Gasteiger partial charge in [0.1, 0.15) is 5.60 Å². The molecule has 0 unspecified atom stereocenters. The minimum atomic E-state index is -0.463. The first-order valence-electron chi connectivity index (χ1n) is 6.59. The second kappa shape index (κ2) is 7.14. The molecule has 1 aromatic carbocycles. The van der Waals surface area contributed by atoms with Crippen molar-refractivity contribution in [3.8, 4) is 0 Å². The van der Waals surface area contributed by atoms with Crippen molar-refractivity contribution in [2.45, 2.75) is 32.3 Å². The highest BCUT2D eigenvalue weighted by Gasteiger charge is 2.17. The molecule has 0 radical (unpaired) electrons. The Balaban J connectivity index is 2.54. The SMILES string of the molecule is CNC[C@@H](CNC(=O)OC(C)(C)C)c1ccccc1. The number of likely N-dealkylation sites (N-methyl/N-ethyl adjacent to an activating group) is 1. The van der Waals surface area contributed by atoms with Crippen LogP contribution in [0.15, 0.2) is 30.3 Å². The summed E-state index contributed by atoms with van der Waals surface area (Å²) >= 11 is 0. The van der Waals surface area contributed by atoms with E-state index in [0.717, 1.165) is 6.54 Å². The first kappa shape index (κ1) is 15.5. The van der Waals surface area contributed by atoms with Crippen LogP contribution in [0.25, 0.3) is 0 Å². The van der Waals surface area contributed by atoms with Crippen LogP contribution in [0, 0.1) is 0 Å². The molecule has 0 bridgehead atoms. The van der Waals surface area contributed by atoms with Crippen molar-refractivity contribution in [2.24, 2.45) is 0 Å². The van der Waals surface area contributed by atoms with E-state index in [4.69, 9.17) is 4.74 Å². The topological polar surface area (TPSA) is 50.4 Å². The van der Waals surface area contributed by atoms with Crippen LogP contribution in [0.2, 0.25) is 0 Å². The van der Waals surface area contributed by atoms with Gasteiger partial charge in [0.2, 0.25) is 0 Å². The molecule has 0 saturated heterocycles. The molecule has 0 aromatic heterocycles. The Bertz CT molecular complexity index is 385. The van der Waals surface area contributed by atoms with E-state index >= 15 is 0 Å². The lowest BCUT2D eigenvalue weighted by Crippen LogP contribution is -2.36. The molecule has 4 nitrogen and oxygen atoms in total. The molecule has 0 saturated carbocycles. The summed E-state index contributed by atoms with van der Waals surface area (Å²) < 4.78 is 5.23. The highest BCUT2D eigenvalue weighted by Crippen LogP contribution is 2.14. The van der Waals surface area contributed by atoms with E-state index in [-0.39, 0.29) is 12.0 Å². The fourth-order valence-electron chi connectivity index (χ4n) is 1.80. The molecule has 0 fully saturated rings. The van der Waals surface area contributed by atoms with E-state index in [1.165, 1.54) is 5.56 Å². The number of hydrogen-bond acceptors (Lipinski definition) is 3. The number of carbonyl (C=O) groups excluding carboxylic acids is 1. The molecule has 1 amide bonds. The lowest BCUT2D eigenvalue weighted by atomic mass is 9.99. The molecule has 4 heteroatoms. The average Bonchev–Trinajstić information content (AvgIpc) is 2.33. The number of nitrogens with one attached hydrogen (secondary N) is 2. The van der Waals surface area contributed by atoms with Crippen LogP contribution in [0.4, 0.5) is 4.79 Å². The Morgan fingerprint density at radius 2 is 1.84 bits per heavy atom. The minimum Gasteiger partial charge on any atom is -0.444 e. The Labute approximate surface area is 115 Å². The van der Waals surface area contributed by atoms with Gasteiger partial charge in [0, 0.05) is 19.0 Å². The second-order valence-electron chi connectivity index (χ2n) is 5.55. The lowest BCUT2D eigenvalue weighted by molar-refractivity contribution is 0.0524. The highest BCUT2D eigenvalue weighted by molar-refractivity contribution is 5.67. The van der Waals surface area contributed by atoms with E-state index in [1.54, 1.807) is 0 Å². The summed E-state index contributed by atoms with van der Waals surface area (Å²) in [6.07, 6.45) is -0.371. The van der Waals surface area contributed by atoms with Crippen molar-refractivity contribution in [1.82, 2.24) is 10.6 Å². The van der Waals surface area contributed by atoms with Gasteiger partial charge in [-0.1, -0.05) is 30.3 Å². The Morgan fingerprint density at radius 1 is 1.21 bits per heavy atom. The predicted molar refractivity (Wildman–Crippen MR) is 77.3 cm³/mol. The minimum absolute atomic E-state index is 0.235. The smallest absolute Gasteiger partial charge is 0.407 e. The van der Waals surface area contributed by atoms with E-state index in [1.807, 2.05) is 46.0 Å². The summed E-state index contributed by atoms with van der Waals surface area (Å²) in [7, 11) is 1.91. The number of rotatable bonds is 5. The predicted octanol–water partition coefficient (Wildman–Crippen LogP) is 2.51. The third-order valence-corrected chi connectivity index (χ3v) is 2.61. The Hall–Kier alpha value is -1.55. The van der Waals surface area contributed by atoms with Gasteiger partial charge in [0.15, 0.2) is 0 Å². The largest absolute Gasteiger partial charge is 0.444 e. The van der Waals surface area contributed by atoms with E-state index in [0.29, 0.717) is 6.54 Å². The summed E-state index contributed by atoms with van der Waals surface area (Å²) in [5.41, 5.74) is 0.739. The molecule has 0 spiro atoms. The molecular formula is C15H24N2O2. The van der Waals surface area contributed by atoms with Gasteiger partial charge >= 0.3 is 6.09 Å².